The summed E-state index contributed by atoms with van der Waals surface area (Å²) in [6, 6.07) is 4.61. The molecule has 1 aromatic carbocycles. The summed E-state index contributed by atoms with van der Waals surface area (Å²) in [6.45, 7) is 5.30. The third-order valence-electron chi connectivity index (χ3n) is 4.59. The Morgan fingerprint density at radius 2 is 2.07 bits per heavy atom. The van der Waals surface area contributed by atoms with Gasteiger partial charge >= 0.3 is 0 Å². The molecule has 0 bridgehead atoms. The summed E-state index contributed by atoms with van der Waals surface area (Å²) in [7, 11) is -3.77. The van der Waals surface area contributed by atoms with Gasteiger partial charge in [-0.25, -0.2) is 0 Å². The van der Waals surface area contributed by atoms with Crippen molar-refractivity contribution in [2.24, 2.45) is 10.3 Å². The first-order valence-electron chi connectivity index (χ1n) is 8.69. The molecule has 2 aromatic rings. The number of rotatable bonds is 5. The molecule has 0 aliphatic carbocycles. The summed E-state index contributed by atoms with van der Waals surface area (Å²) in [6.07, 6.45) is 3.28. The van der Waals surface area contributed by atoms with Crippen LogP contribution >= 0.6 is 11.3 Å². The Morgan fingerprint density at radius 1 is 1.33 bits per heavy atom. The summed E-state index contributed by atoms with van der Waals surface area (Å²) in [5.41, 5.74) is 3.45. The van der Waals surface area contributed by atoms with Crippen molar-refractivity contribution in [3.8, 4) is 0 Å². The van der Waals surface area contributed by atoms with Crippen LogP contribution in [0, 0.1) is 12.8 Å². The average molecular weight is 407 g/mol. The van der Waals surface area contributed by atoms with E-state index in [1.54, 1.807) is 25.4 Å². The fourth-order valence-corrected chi connectivity index (χ4v) is 4.72. The molecule has 0 saturated carbocycles. The maximum Gasteiger partial charge on any atom is 0.282 e. The lowest BCUT2D eigenvalue weighted by Gasteiger charge is -2.22. The Bertz CT molecular complexity index is 947. The number of benzene rings is 1. The highest BCUT2D eigenvalue weighted by Crippen LogP contribution is 2.23. The van der Waals surface area contributed by atoms with E-state index in [4.69, 9.17) is 0 Å². The second-order valence-electron chi connectivity index (χ2n) is 6.53. The molecule has 1 aromatic heterocycles. The van der Waals surface area contributed by atoms with Gasteiger partial charge in [0.2, 0.25) is 0 Å². The van der Waals surface area contributed by atoms with Crippen LogP contribution in [0.1, 0.15) is 35.0 Å². The number of carbonyl (C=O) groups is 1. The molecule has 7 nitrogen and oxygen atoms in total. The molecule has 0 atom stereocenters. The highest BCUT2D eigenvalue weighted by Gasteiger charge is 2.20. The van der Waals surface area contributed by atoms with E-state index >= 15 is 0 Å². The number of nitrogens with zero attached hydrogens (tertiary/aromatic N) is 2. The van der Waals surface area contributed by atoms with E-state index in [9.17, 15) is 13.2 Å². The molecule has 1 fully saturated rings. The van der Waals surface area contributed by atoms with Crippen LogP contribution in [0.4, 0.5) is 5.69 Å². The van der Waals surface area contributed by atoms with E-state index in [0.717, 1.165) is 25.9 Å². The summed E-state index contributed by atoms with van der Waals surface area (Å²) < 4.78 is 29.4. The van der Waals surface area contributed by atoms with Gasteiger partial charge in [0.15, 0.2) is 0 Å². The van der Waals surface area contributed by atoms with Gasteiger partial charge in [0.05, 0.1) is 16.6 Å². The van der Waals surface area contributed by atoms with Crippen LogP contribution in [0.15, 0.2) is 39.2 Å². The maximum atomic E-state index is 12.7. The van der Waals surface area contributed by atoms with Gasteiger partial charge in [-0.05, 0) is 63.5 Å². The number of aromatic nitrogens is 1. The van der Waals surface area contributed by atoms with Crippen molar-refractivity contribution in [3.05, 3.63) is 40.3 Å². The SMILES string of the molecule is CC(=NS(=O)(=O)c1ccc(NC(=O)c2cncs2)c(C)c1)C1CCNCC1. The zero-order valence-corrected chi connectivity index (χ0v) is 16.9. The van der Waals surface area contributed by atoms with Gasteiger partial charge in [-0.2, -0.15) is 12.8 Å². The van der Waals surface area contributed by atoms with Gasteiger partial charge in [-0.15, -0.1) is 11.3 Å². The largest absolute Gasteiger partial charge is 0.321 e. The van der Waals surface area contributed by atoms with Gasteiger partial charge in [0.1, 0.15) is 4.88 Å². The molecule has 1 saturated heterocycles. The molecule has 0 unspecified atom stereocenters. The highest BCUT2D eigenvalue weighted by molar-refractivity contribution is 7.90. The smallest absolute Gasteiger partial charge is 0.282 e. The molecule has 2 heterocycles. The van der Waals surface area contributed by atoms with Gasteiger partial charge in [-0.1, -0.05) is 0 Å². The molecule has 1 amide bonds. The van der Waals surface area contributed by atoms with Crippen molar-refractivity contribution in [1.29, 1.82) is 0 Å². The number of thiazole rings is 1. The number of amides is 1. The third kappa shape index (κ3) is 4.79. The Kier molecular flexibility index (Phi) is 6.03. The topological polar surface area (TPSA) is 101 Å². The fourth-order valence-electron chi connectivity index (χ4n) is 3.01. The fraction of sp³-hybridized carbons (Fsp3) is 0.389. The van der Waals surface area contributed by atoms with Crippen molar-refractivity contribution < 1.29 is 13.2 Å². The van der Waals surface area contributed by atoms with Crippen LogP contribution in [-0.4, -0.2) is 38.1 Å². The van der Waals surface area contributed by atoms with Crippen molar-refractivity contribution in [2.75, 3.05) is 18.4 Å². The molecule has 9 heteroatoms. The molecule has 1 aliphatic heterocycles. The van der Waals surface area contributed by atoms with Crippen molar-refractivity contribution >= 4 is 38.7 Å². The first-order valence-corrected chi connectivity index (χ1v) is 11.0. The quantitative estimate of drug-likeness (QED) is 0.744. The van der Waals surface area contributed by atoms with Crippen LogP contribution in [0.3, 0.4) is 0 Å². The number of hydrogen-bond acceptors (Lipinski definition) is 6. The van der Waals surface area contributed by atoms with Crippen molar-refractivity contribution in [3.63, 3.8) is 0 Å². The van der Waals surface area contributed by atoms with E-state index in [1.807, 2.05) is 0 Å². The minimum absolute atomic E-state index is 0.129. The third-order valence-corrected chi connectivity index (χ3v) is 6.74. The number of carbonyl (C=O) groups excluding carboxylic acids is 1. The lowest BCUT2D eigenvalue weighted by molar-refractivity contribution is 0.103. The van der Waals surface area contributed by atoms with Crippen LogP contribution in [0.5, 0.6) is 0 Å². The molecule has 1 aliphatic rings. The first-order chi connectivity index (χ1) is 12.9. The molecule has 144 valence electrons. The Hall–Kier alpha value is -2.10. The maximum absolute atomic E-state index is 12.7. The molecular formula is C18H22N4O3S2. The summed E-state index contributed by atoms with van der Waals surface area (Å²) in [5, 5.41) is 6.04. The van der Waals surface area contributed by atoms with Crippen LogP contribution < -0.4 is 10.6 Å². The van der Waals surface area contributed by atoms with E-state index in [1.165, 1.54) is 29.7 Å². The van der Waals surface area contributed by atoms with Crippen LogP contribution in [-0.2, 0) is 10.0 Å². The minimum atomic E-state index is -3.77. The summed E-state index contributed by atoms with van der Waals surface area (Å²) in [4.78, 5) is 16.6. The predicted octanol–water partition coefficient (Wildman–Crippen LogP) is 2.85. The monoisotopic (exact) mass is 406 g/mol. The summed E-state index contributed by atoms with van der Waals surface area (Å²) >= 11 is 1.24. The molecule has 2 N–H and O–H groups in total. The number of hydrogen-bond donors (Lipinski definition) is 2. The Balaban J connectivity index is 1.78. The number of anilines is 1. The van der Waals surface area contributed by atoms with Gasteiger partial charge in [0, 0.05) is 17.3 Å². The van der Waals surface area contributed by atoms with Crippen LogP contribution in [0.25, 0.3) is 0 Å². The van der Waals surface area contributed by atoms with E-state index in [0.29, 0.717) is 21.8 Å². The number of aryl methyl sites for hydroxylation is 1. The number of piperidine rings is 1. The van der Waals surface area contributed by atoms with Gasteiger partial charge < -0.3 is 10.6 Å². The molecule has 27 heavy (non-hydrogen) atoms. The number of nitrogens with one attached hydrogen (secondary N) is 2. The minimum Gasteiger partial charge on any atom is -0.321 e. The predicted molar refractivity (Wildman–Crippen MR) is 107 cm³/mol. The normalized spacial score (nSPS) is 16.3. The Labute approximate surface area is 163 Å². The lowest BCUT2D eigenvalue weighted by atomic mass is 9.94. The van der Waals surface area contributed by atoms with E-state index in [2.05, 4.69) is 20.0 Å². The summed E-state index contributed by atoms with van der Waals surface area (Å²) in [5.74, 6) is -0.0731. The molecule has 3 rings (SSSR count). The van der Waals surface area contributed by atoms with Crippen LogP contribution in [0.2, 0.25) is 0 Å². The standard InChI is InChI=1S/C18H22N4O3S2/c1-12-9-15(3-4-16(12)21-18(23)17-10-20-11-26-17)27(24,25)22-13(2)14-5-7-19-8-6-14/h3-4,9-11,14,19H,5-8H2,1-2H3,(H,21,23). The Morgan fingerprint density at radius 3 is 2.70 bits per heavy atom. The molecule has 0 radical (unpaired) electrons. The second-order valence-corrected chi connectivity index (χ2v) is 9.02. The van der Waals surface area contributed by atoms with Gasteiger partial charge in [0.25, 0.3) is 15.9 Å². The molecular weight excluding hydrogens is 384 g/mol. The van der Waals surface area contributed by atoms with E-state index in [-0.39, 0.29) is 16.7 Å². The first kappa shape index (κ1) is 19.7. The highest BCUT2D eigenvalue weighted by atomic mass is 32.2. The molecule has 0 spiro atoms. The van der Waals surface area contributed by atoms with Gasteiger partial charge in [-0.3, -0.25) is 9.78 Å². The lowest BCUT2D eigenvalue weighted by Crippen LogP contribution is -2.31. The number of sulfonamides is 1. The average Bonchev–Trinajstić information content (AvgIpc) is 3.18. The zero-order chi connectivity index (χ0) is 19.4. The van der Waals surface area contributed by atoms with Crippen molar-refractivity contribution in [1.82, 2.24) is 10.3 Å². The zero-order valence-electron chi connectivity index (χ0n) is 15.2. The van der Waals surface area contributed by atoms with E-state index < -0.39 is 10.0 Å². The second kappa shape index (κ2) is 8.28. The van der Waals surface area contributed by atoms with Crippen molar-refractivity contribution in [2.45, 2.75) is 31.6 Å².